The Morgan fingerprint density at radius 3 is 2.33 bits per heavy atom. The van der Waals surface area contributed by atoms with Crippen LogP contribution in [0.2, 0.25) is 0 Å². The Morgan fingerprint density at radius 2 is 1.83 bits per heavy atom. The number of carbonyl (C=O) groups is 3. The van der Waals surface area contributed by atoms with Crippen molar-refractivity contribution in [1.82, 2.24) is 0 Å². The predicted octanol–water partition coefficient (Wildman–Crippen LogP) is 2.13. The van der Waals surface area contributed by atoms with Crippen molar-refractivity contribution in [3.63, 3.8) is 0 Å². The van der Waals surface area contributed by atoms with Crippen LogP contribution in [0, 0.1) is 5.92 Å². The number of hydrogen-bond donors (Lipinski definition) is 0. The molecular formula is C18H24NO5+. The molecule has 0 aromatic heterocycles. The summed E-state index contributed by atoms with van der Waals surface area (Å²) in [7, 11) is 0. The summed E-state index contributed by atoms with van der Waals surface area (Å²) in [5.74, 6) is -1.17. The normalized spacial score (nSPS) is 20.9. The zero-order chi connectivity index (χ0) is 18.1. The third-order valence-corrected chi connectivity index (χ3v) is 3.68. The molecule has 0 aromatic rings. The first kappa shape index (κ1) is 18.1. The van der Waals surface area contributed by atoms with Gasteiger partial charge < -0.3 is 9.47 Å². The minimum Gasteiger partial charge on any atom is -0.462 e. The molecule has 1 heterocycles. The van der Waals surface area contributed by atoms with Gasteiger partial charge in [0.15, 0.2) is 11.9 Å². The summed E-state index contributed by atoms with van der Waals surface area (Å²) in [6, 6.07) is 0. The Hall–Kier alpha value is -2.24. The molecule has 24 heavy (non-hydrogen) atoms. The van der Waals surface area contributed by atoms with Gasteiger partial charge in [0.1, 0.15) is 11.2 Å². The van der Waals surface area contributed by atoms with Gasteiger partial charge in [-0.1, -0.05) is 6.92 Å². The number of rotatable bonds is 3. The molecule has 130 valence electrons. The summed E-state index contributed by atoms with van der Waals surface area (Å²) in [6.07, 6.45) is 4.16. The Balaban J connectivity index is 2.41. The molecule has 1 amide bonds. The van der Waals surface area contributed by atoms with Crippen molar-refractivity contribution in [2.75, 3.05) is 6.61 Å². The highest BCUT2D eigenvalue weighted by atomic mass is 16.6. The zero-order valence-corrected chi connectivity index (χ0v) is 14.8. The van der Waals surface area contributed by atoms with Crippen LogP contribution in [-0.4, -0.2) is 40.3 Å². The third kappa shape index (κ3) is 3.99. The van der Waals surface area contributed by atoms with Crippen LogP contribution in [0.15, 0.2) is 23.4 Å². The fourth-order valence-electron chi connectivity index (χ4n) is 2.59. The minimum atomic E-state index is -0.706. The van der Waals surface area contributed by atoms with Crippen molar-refractivity contribution in [2.24, 2.45) is 5.92 Å². The Kier molecular flexibility index (Phi) is 5.06. The van der Waals surface area contributed by atoms with E-state index in [9.17, 15) is 14.4 Å². The second-order valence-corrected chi connectivity index (χ2v) is 7.11. The van der Waals surface area contributed by atoms with Gasteiger partial charge in [0.25, 0.3) is 0 Å². The molecule has 1 aliphatic heterocycles. The van der Waals surface area contributed by atoms with Gasteiger partial charge in [0, 0.05) is 12.8 Å². The lowest BCUT2D eigenvalue weighted by Gasteiger charge is -2.23. The Bertz CT molecular complexity index is 668. The SMILES string of the molecule is CCOC(=O)C1=CC(=O)[N+](=C2CC(C)C2)C=C1C(=O)OC(C)(C)C. The fourth-order valence-corrected chi connectivity index (χ4v) is 2.59. The molecule has 0 atom stereocenters. The van der Waals surface area contributed by atoms with Crippen molar-refractivity contribution in [2.45, 2.75) is 53.1 Å². The molecule has 1 fully saturated rings. The zero-order valence-electron chi connectivity index (χ0n) is 14.8. The lowest BCUT2D eigenvalue weighted by atomic mass is 9.84. The van der Waals surface area contributed by atoms with Crippen LogP contribution in [-0.2, 0) is 23.9 Å². The van der Waals surface area contributed by atoms with Crippen LogP contribution < -0.4 is 0 Å². The quantitative estimate of drug-likeness (QED) is 0.584. The topological polar surface area (TPSA) is 72.7 Å². The number of ether oxygens (including phenoxy) is 2. The van der Waals surface area contributed by atoms with E-state index >= 15 is 0 Å². The first-order valence-corrected chi connectivity index (χ1v) is 8.14. The smallest absolute Gasteiger partial charge is 0.418 e. The highest BCUT2D eigenvalue weighted by molar-refractivity contribution is 6.11. The summed E-state index contributed by atoms with van der Waals surface area (Å²) in [5, 5.41) is 0. The standard InChI is InChI=1S/C18H24NO5/c1-6-23-16(21)13-9-15(20)19(12-7-11(2)8-12)10-14(13)17(22)24-18(3,4)5/h9-11H,6-8H2,1-5H3/q+1. The number of amides is 1. The second kappa shape index (κ2) is 6.71. The molecular weight excluding hydrogens is 310 g/mol. The van der Waals surface area contributed by atoms with Gasteiger partial charge in [-0.2, -0.15) is 0 Å². The van der Waals surface area contributed by atoms with Crippen LogP contribution in [0.3, 0.4) is 0 Å². The van der Waals surface area contributed by atoms with Gasteiger partial charge >= 0.3 is 17.8 Å². The minimum absolute atomic E-state index is 0.0510. The summed E-state index contributed by atoms with van der Waals surface area (Å²) in [5.41, 5.74) is 0.227. The summed E-state index contributed by atoms with van der Waals surface area (Å²) in [4.78, 5) is 36.9. The molecule has 6 heteroatoms. The van der Waals surface area contributed by atoms with Crippen molar-refractivity contribution in [1.29, 1.82) is 0 Å². The third-order valence-electron chi connectivity index (χ3n) is 3.68. The summed E-state index contributed by atoms with van der Waals surface area (Å²) >= 11 is 0. The lowest BCUT2D eigenvalue weighted by Crippen LogP contribution is -2.36. The number of nitrogens with zero attached hydrogens (tertiary/aromatic N) is 1. The van der Waals surface area contributed by atoms with E-state index in [-0.39, 0.29) is 23.7 Å². The molecule has 1 aliphatic carbocycles. The lowest BCUT2D eigenvalue weighted by molar-refractivity contribution is -0.382. The molecule has 2 aliphatic rings. The second-order valence-electron chi connectivity index (χ2n) is 7.11. The van der Waals surface area contributed by atoms with Gasteiger partial charge in [-0.3, -0.25) is 0 Å². The van der Waals surface area contributed by atoms with Crippen molar-refractivity contribution < 1.29 is 28.4 Å². The molecule has 0 unspecified atom stereocenters. The average Bonchev–Trinajstić information content (AvgIpc) is 2.42. The maximum Gasteiger partial charge on any atom is 0.418 e. The van der Waals surface area contributed by atoms with E-state index in [2.05, 4.69) is 6.92 Å². The van der Waals surface area contributed by atoms with E-state index in [0.29, 0.717) is 5.92 Å². The van der Waals surface area contributed by atoms with Crippen LogP contribution >= 0.6 is 0 Å². The maximum atomic E-state index is 12.5. The molecule has 0 spiro atoms. The molecule has 0 saturated heterocycles. The molecule has 6 nitrogen and oxygen atoms in total. The first-order valence-electron chi connectivity index (χ1n) is 8.14. The van der Waals surface area contributed by atoms with E-state index in [0.717, 1.165) is 24.6 Å². The number of esters is 2. The molecule has 2 rings (SSSR count). The van der Waals surface area contributed by atoms with Crippen molar-refractivity contribution in [3.05, 3.63) is 23.4 Å². The predicted molar refractivity (Wildman–Crippen MR) is 87.3 cm³/mol. The van der Waals surface area contributed by atoms with Gasteiger partial charge in [0.2, 0.25) is 0 Å². The fraction of sp³-hybridized carbons (Fsp3) is 0.556. The summed E-state index contributed by atoms with van der Waals surface area (Å²) in [6.45, 7) is 9.15. The van der Waals surface area contributed by atoms with Gasteiger partial charge in [0.05, 0.1) is 18.3 Å². The monoisotopic (exact) mass is 334 g/mol. The van der Waals surface area contributed by atoms with Gasteiger partial charge in [-0.25, -0.2) is 14.4 Å². The first-order chi connectivity index (χ1) is 11.1. The molecule has 0 aromatic carbocycles. The van der Waals surface area contributed by atoms with E-state index in [4.69, 9.17) is 9.47 Å². The highest BCUT2D eigenvalue weighted by Crippen LogP contribution is 2.27. The Morgan fingerprint density at radius 1 is 1.21 bits per heavy atom. The number of carbonyl (C=O) groups excluding carboxylic acids is 3. The Labute approximate surface area is 141 Å². The van der Waals surface area contributed by atoms with Crippen LogP contribution in [0.5, 0.6) is 0 Å². The largest absolute Gasteiger partial charge is 0.462 e. The highest BCUT2D eigenvalue weighted by Gasteiger charge is 2.39. The van der Waals surface area contributed by atoms with Crippen LogP contribution in [0.25, 0.3) is 0 Å². The molecule has 0 radical (unpaired) electrons. The van der Waals surface area contributed by atoms with Crippen LogP contribution in [0.4, 0.5) is 0 Å². The summed E-state index contributed by atoms with van der Waals surface area (Å²) < 4.78 is 11.8. The van der Waals surface area contributed by atoms with Gasteiger partial charge in [-0.15, -0.1) is 4.58 Å². The van der Waals surface area contributed by atoms with Crippen LogP contribution in [0.1, 0.15) is 47.5 Å². The maximum absolute atomic E-state index is 12.5. The van der Waals surface area contributed by atoms with Gasteiger partial charge in [-0.05, 0) is 33.6 Å². The van der Waals surface area contributed by atoms with Crippen molar-refractivity contribution >= 4 is 23.6 Å². The van der Waals surface area contributed by atoms with E-state index < -0.39 is 17.5 Å². The van der Waals surface area contributed by atoms with E-state index in [1.54, 1.807) is 27.7 Å². The molecule has 0 N–H and O–H groups in total. The van der Waals surface area contributed by atoms with E-state index in [1.165, 1.54) is 10.8 Å². The van der Waals surface area contributed by atoms with E-state index in [1.807, 2.05) is 0 Å². The van der Waals surface area contributed by atoms with Crippen molar-refractivity contribution in [3.8, 4) is 0 Å². The molecule has 1 saturated carbocycles. The number of hydrogen-bond acceptors (Lipinski definition) is 5. The molecule has 0 bridgehead atoms. The average molecular weight is 334 g/mol.